The van der Waals surface area contributed by atoms with E-state index in [1.165, 1.54) is 23.2 Å². The zero-order valence-electron chi connectivity index (χ0n) is 15.4. The first-order valence-corrected chi connectivity index (χ1v) is 8.98. The summed E-state index contributed by atoms with van der Waals surface area (Å²) in [4.78, 5) is 0. The maximum atomic E-state index is 4.73. The number of nitrogens with one attached hydrogen (secondary N) is 1. The Morgan fingerprint density at radius 3 is 2.80 bits per heavy atom. The minimum atomic E-state index is 0.160. The smallest absolute Gasteiger partial charge is 0.0847 e. The van der Waals surface area contributed by atoms with E-state index in [1.807, 2.05) is 10.9 Å². The van der Waals surface area contributed by atoms with Crippen LogP contribution < -0.4 is 5.32 Å². The third-order valence-corrected chi connectivity index (χ3v) is 5.10. The van der Waals surface area contributed by atoms with Crippen LogP contribution in [0.4, 0.5) is 5.69 Å². The number of hydrogen-bond donors (Lipinski definition) is 1. The minimum absolute atomic E-state index is 0.160. The molecule has 4 rings (SSSR count). The highest BCUT2D eigenvalue weighted by atomic mass is 15.3. The number of aryl methyl sites for hydroxylation is 4. The van der Waals surface area contributed by atoms with Crippen molar-refractivity contribution in [2.45, 2.75) is 53.1 Å². The normalized spacial score (nSPS) is 14.6. The lowest BCUT2D eigenvalue weighted by Crippen LogP contribution is -2.09. The second-order valence-corrected chi connectivity index (χ2v) is 7.10. The van der Waals surface area contributed by atoms with Gasteiger partial charge >= 0.3 is 0 Å². The molecule has 1 aliphatic rings. The first-order valence-electron chi connectivity index (χ1n) is 8.98. The molecule has 2 aromatic heterocycles. The zero-order chi connectivity index (χ0) is 17.6. The minimum Gasteiger partial charge on any atom is -0.374 e. The Hall–Kier alpha value is -2.56. The van der Waals surface area contributed by atoms with Crippen LogP contribution >= 0.6 is 0 Å². The van der Waals surface area contributed by atoms with Gasteiger partial charge in [-0.15, -0.1) is 0 Å². The summed E-state index contributed by atoms with van der Waals surface area (Å²) < 4.78 is 4.16. The number of benzene rings is 1. The van der Waals surface area contributed by atoms with Crippen LogP contribution in [-0.2, 0) is 13.0 Å². The van der Waals surface area contributed by atoms with Crippen LogP contribution in [0.25, 0.3) is 5.69 Å². The molecule has 0 spiro atoms. The largest absolute Gasteiger partial charge is 0.374 e. The van der Waals surface area contributed by atoms with Gasteiger partial charge < -0.3 is 5.32 Å². The quantitative estimate of drug-likeness (QED) is 0.780. The van der Waals surface area contributed by atoms with E-state index in [-0.39, 0.29) is 6.04 Å². The van der Waals surface area contributed by atoms with Crippen molar-refractivity contribution in [3.63, 3.8) is 0 Å². The molecule has 1 aliphatic heterocycles. The fraction of sp³-hybridized carbons (Fsp3) is 0.400. The molecule has 1 aromatic carbocycles. The molecule has 25 heavy (non-hydrogen) atoms. The Morgan fingerprint density at radius 1 is 1.16 bits per heavy atom. The Labute approximate surface area is 148 Å². The lowest BCUT2D eigenvalue weighted by atomic mass is 10.1. The van der Waals surface area contributed by atoms with E-state index >= 15 is 0 Å². The van der Waals surface area contributed by atoms with Gasteiger partial charge in [0.05, 0.1) is 35.0 Å². The number of hydrogen-bond acceptors (Lipinski definition) is 3. The van der Waals surface area contributed by atoms with Gasteiger partial charge in [0, 0.05) is 12.2 Å². The highest BCUT2D eigenvalue weighted by molar-refractivity contribution is 5.53. The highest BCUT2D eigenvalue weighted by Gasteiger charge is 2.18. The van der Waals surface area contributed by atoms with Gasteiger partial charge in [-0.25, -0.2) is 4.68 Å². The summed E-state index contributed by atoms with van der Waals surface area (Å²) in [5.74, 6) is 0. The Balaban J connectivity index is 1.59. The highest BCUT2D eigenvalue weighted by Crippen LogP contribution is 2.26. The average molecular weight is 335 g/mol. The van der Waals surface area contributed by atoms with Gasteiger partial charge in [-0.1, -0.05) is 12.1 Å². The van der Waals surface area contributed by atoms with Crippen LogP contribution in [0, 0.1) is 20.8 Å². The molecule has 0 fully saturated rings. The molecule has 0 amide bonds. The SMILES string of the molecule is Cc1ccc(C)c(-n2ncc(NC(C)c3cc4n(n3)CCC4)c2C)c1. The van der Waals surface area contributed by atoms with Gasteiger partial charge in [0.1, 0.15) is 0 Å². The summed E-state index contributed by atoms with van der Waals surface area (Å²) in [7, 11) is 0. The summed E-state index contributed by atoms with van der Waals surface area (Å²) in [5.41, 5.74) is 8.24. The summed E-state index contributed by atoms with van der Waals surface area (Å²) in [6, 6.07) is 8.86. The maximum absolute atomic E-state index is 4.73. The molecule has 3 heterocycles. The van der Waals surface area contributed by atoms with Gasteiger partial charge in [0.15, 0.2) is 0 Å². The second-order valence-electron chi connectivity index (χ2n) is 7.10. The van der Waals surface area contributed by atoms with Crippen molar-refractivity contribution in [3.05, 3.63) is 58.7 Å². The van der Waals surface area contributed by atoms with Gasteiger partial charge in [0.2, 0.25) is 0 Å². The predicted molar refractivity (Wildman–Crippen MR) is 100 cm³/mol. The number of anilines is 1. The van der Waals surface area contributed by atoms with E-state index in [0.717, 1.165) is 35.7 Å². The number of rotatable bonds is 4. The average Bonchev–Trinajstić information content (AvgIpc) is 3.26. The van der Waals surface area contributed by atoms with Gasteiger partial charge in [0.25, 0.3) is 0 Å². The molecule has 0 radical (unpaired) electrons. The molecule has 1 N–H and O–H groups in total. The standard InChI is InChI=1S/C20H25N5/c1-13-7-8-14(2)20(10-13)25-16(4)19(12-21-25)22-15(3)18-11-17-6-5-9-24(17)23-18/h7-8,10-12,15,22H,5-6,9H2,1-4H3. The molecule has 0 bridgehead atoms. The summed E-state index contributed by atoms with van der Waals surface area (Å²) in [5, 5.41) is 12.9. The van der Waals surface area contributed by atoms with Crippen molar-refractivity contribution >= 4 is 5.69 Å². The first kappa shape index (κ1) is 15.9. The maximum Gasteiger partial charge on any atom is 0.0847 e. The van der Waals surface area contributed by atoms with Crippen LogP contribution in [0.15, 0.2) is 30.5 Å². The van der Waals surface area contributed by atoms with Crippen molar-refractivity contribution < 1.29 is 0 Å². The van der Waals surface area contributed by atoms with Crippen LogP contribution in [0.2, 0.25) is 0 Å². The fourth-order valence-corrected chi connectivity index (χ4v) is 3.54. The second kappa shape index (κ2) is 6.06. The molecule has 0 aliphatic carbocycles. The predicted octanol–water partition coefficient (Wildman–Crippen LogP) is 4.11. The monoisotopic (exact) mass is 335 g/mol. The Bertz CT molecular complexity index is 897. The van der Waals surface area contributed by atoms with Crippen molar-refractivity contribution in [1.82, 2.24) is 19.6 Å². The molecule has 5 nitrogen and oxygen atoms in total. The third-order valence-electron chi connectivity index (χ3n) is 5.10. The molecule has 1 unspecified atom stereocenters. The van der Waals surface area contributed by atoms with Gasteiger partial charge in [-0.2, -0.15) is 10.2 Å². The molecular formula is C20H25N5. The van der Waals surface area contributed by atoms with E-state index in [1.54, 1.807) is 0 Å². The van der Waals surface area contributed by atoms with Crippen molar-refractivity contribution in [1.29, 1.82) is 0 Å². The molecule has 0 saturated heterocycles. The Morgan fingerprint density at radius 2 is 2.00 bits per heavy atom. The van der Waals surface area contributed by atoms with Gasteiger partial charge in [-0.3, -0.25) is 4.68 Å². The number of nitrogens with zero attached hydrogens (tertiary/aromatic N) is 4. The topological polar surface area (TPSA) is 47.7 Å². The molecule has 5 heteroatoms. The lowest BCUT2D eigenvalue weighted by molar-refractivity contribution is 0.634. The molecule has 0 saturated carbocycles. The van der Waals surface area contributed by atoms with E-state index in [9.17, 15) is 0 Å². The third kappa shape index (κ3) is 2.84. The van der Waals surface area contributed by atoms with E-state index < -0.39 is 0 Å². The number of fused-ring (bicyclic) bond motifs is 1. The van der Waals surface area contributed by atoms with Crippen LogP contribution in [-0.4, -0.2) is 19.6 Å². The van der Waals surface area contributed by atoms with Gasteiger partial charge in [-0.05, 0) is 63.8 Å². The van der Waals surface area contributed by atoms with E-state index in [2.05, 4.69) is 67.1 Å². The lowest BCUT2D eigenvalue weighted by Gasteiger charge is -2.14. The number of aromatic nitrogens is 4. The van der Waals surface area contributed by atoms with Crippen LogP contribution in [0.3, 0.4) is 0 Å². The van der Waals surface area contributed by atoms with Crippen LogP contribution in [0.1, 0.15) is 47.6 Å². The van der Waals surface area contributed by atoms with E-state index in [4.69, 9.17) is 5.10 Å². The first-order chi connectivity index (χ1) is 12.0. The molecule has 3 aromatic rings. The van der Waals surface area contributed by atoms with Crippen molar-refractivity contribution in [2.24, 2.45) is 0 Å². The van der Waals surface area contributed by atoms with E-state index in [0.29, 0.717) is 0 Å². The van der Waals surface area contributed by atoms with Crippen LogP contribution in [0.5, 0.6) is 0 Å². The van der Waals surface area contributed by atoms with Crippen molar-refractivity contribution in [3.8, 4) is 5.69 Å². The molecule has 1 atom stereocenters. The fourth-order valence-electron chi connectivity index (χ4n) is 3.54. The Kier molecular flexibility index (Phi) is 3.86. The summed E-state index contributed by atoms with van der Waals surface area (Å²) >= 11 is 0. The zero-order valence-corrected chi connectivity index (χ0v) is 15.4. The summed E-state index contributed by atoms with van der Waals surface area (Å²) in [6.07, 6.45) is 4.27. The molecular weight excluding hydrogens is 310 g/mol. The summed E-state index contributed by atoms with van der Waals surface area (Å²) in [6.45, 7) is 9.55. The van der Waals surface area contributed by atoms with Crippen molar-refractivity contribution in [2.75, 3.05) is 5.32 Å². The molecule has 130 valence electrons.